The maximum absolute atomic E-state index is 13.4. The molecule has 3 rings (SSSR count). The van der Waals surface area contributed by atoms with E-state index in [2.05, 4.69) is 4.90 Å². The first-order chi connectivity index (χ1) is 10.1. The molecular weight excluding hydrogens is 265 g/mol. The number of nitrogens with zero attached hydrogens (tertiary/aromatic N) is 1. The Hall–Kier alpha value is -1.42. The average Bonchev–Trinajstić information content (AvgIpc) is 2.49. The summed E-state index contributed by atoms with van der Waals surface area (Å²) in [5.74, 6) is 0.466. The number of fused-ring (bicyclic) bond motifs is 1. The molecule has 1 aromatic carbocycles. The molecule has 1 aliphatic heterocycles. The molecule has 3 N–H and O–H groups in total. The fourth-order valence-corrected chi connectivity index (χ4v) is 4.08. The number of piperidine rings is 1. The van der Waals surface area contributed by atoms with Crippen molar-refractivity contribution in [2.45, 2.75) is 51.1 Å². The zero-order chi connectivity index (χ0) is 14.8. The van der Waals surface area contributed by atoms with Gasteiger partial charge in [0.15, 0.2) is 0 Å². The molecule has 2 atom stereocenters. The first-order valence-electron chi connectivity index (χ1n) is 8.02. The van der Waals surface area contributed by atoms with E-state index in [0.717, 1.165) is 24.6 Å². The third kappa shape index (κ3) is 3.10. The first kappa shape index (κ1) is 14.5. The number of hydrogen-bond acceptors (Lipinski definition) is 2. The van der Waals surface area contributed by atoms with Crippen LogP contribution in [0, 0.1) is 17.1 Å². The fraction of sp³-hybridized carbons (Fsp3) is 0.588. The summed E-state index contributed by atoms with van der Waals surface area (Å²) < 4.78 is 13.4. The van der Waals surface area contributed by atoms with E-state index in [9.17, 15) is 4.39 Å². The highest BCUT2D eigenvalue weighted by atomic mass is 19.1. The molecule has 0 unspecified atom stereocenters. The van der Waals surface area contributed by atoms with Crippen LogP contribution in [0.25, 0.3) is 0 Å². The van der Waals surface area contributed by atoms with Crippen molar-refractivity contribution in [2.24, 2.45) is 11.7 Å². The van der Waals surface area contributed by atoms with Gasteiger partial charge in [-0.1, -0.05) is 18.9 Å². The standard InChI is InChI=1S/C17H24FN3/c18-14-8-7-13(15(10-14)17(19)20)11-21-9-3-5-12-4-1-2-6-16(12)21/h7-8,10,12,16H,1-6,9,11H2,(H3,19,20)/t12-,16-/m1/s1. The molecule has 1 saturated heterocycles. The highest BCUT2D eigenvalue weighted by Crippen LogP contribution is 2.36. The monoisotopic (exact) mass is 289 g/mol. The second kappa shape index (κ2) is 6.14. The number of amidine groups is 1. The molecule has 0 amide bonds. The van der Waals surface area contributed by atoms with E-state index < -0.39 is 0 Å². The molecule has 1 aliphatic carbocycles. The summed E-state index contributed by atoms with van der Waals surface area (Å²) in [4.78, 5) is 2.53. The lowest BCUT2D eigenvalue weighted by atomic mass is 9.78. The molecule has 1 heterocycles. The smallest absolute Gasteiger partial charge is 0.123 e. The molecule has 3 nitrogen and oxygen atoms in total. The van der Waals surface area contributed by atoms with Crippen LogP contribution in [-0.2, 0) is 6.54 Å². The number of hydrogen-bond donors (Lipinski definition) is 2. The fourth-order valence-electron chi connectivity index (χ4n) is 4.08. The third-order valence-corrected chi connectivity index (χ3v) is 5.09. The summed E-state index contributed by atoms with van der Waals surface area (Å²) >= 11 is 0. The minimum absolute atomic E-state index is 0.0401. The van der Waals surface area contributed by atoms with Gasteiger partial charge in [-0.05, 0) is 55.8 Å². The molecule has 0 radical (unpaired) electrons. The average molecular weight is 289 g/mol. The summed E-state index contributed by atoms with van der Waals surface area (Å²) in [6.07, 6.45) is 7.91. The quantitative estimate of drug-likeness (QED) is 0.663. The molecule has 2 aliphatic rings. The van der Waals surface area contributed by atoms with Crippen molar-refractivity contribution in [2.75, 3.05) is 6.54 Å². The Kier molecular flexibility index (Phi) is 4.24. The Morgan fingerprint density at radius 1 is 1.24 bits per heavy atom. The van der Waals surface area contributed by atoms with Crippen molar-refractivity contribution in [1.82, 2.24) is 4.90 Å². The van der Waals surface area contributed by atoms with Gasteiger partial charge in [-0.15, -0.1) is 0 Å². The Balaban J connectivity index is 1.80. The van der Waals surface area contributed by atoms with Crippen LogP contribution in [0.3, 0.4) is 0 Å². The van der Waals surface area contributed by atoms with Crippen molar-refractivity contribution in [3.05, 3.63) is 35.1 Å². The molecule has 1 aromatic rings. The van der Waals surface area contributed by atoms with Gasteiger partial charge in [0.1, 0.15) is 11.7 Å². The number of rotatable bonds is 3. The van der Waals surface area contributed by atoms with Gasteiger partial charge < -0.3 is 5.73 Å². The van der Waals surface area contributed by atoms with E-state index in [1.54, 1.807) is 6.07 Å². The van der Waals surface area contributed by atoms with Gasteiger partial charge in [-0.3, -0.25) is 10.3 Å². The minimum atomic E-state index is -0.321. The van der Waals surface area contributed by atoms with E-state index >= 15 is 0 Å². The second-order valence-electron chi connectivity index (χ2n) is 6.44. The normalized spacial score (nSPS) is 26.3. The summed E-state index contributed by atoms with van der Waals surface area (Å²) in [6, 6.07) is 5.32. The molecule has 2 fully saturated rings. The van der Waals surface area contributed by atoms with Crippen LogP contribution in [0.15, 0.2) is 18.2 Å². The summed E-state index contributed by atoms with van der Waals surface area (Å²) in [7, 11) is 0. The maximum atomic E-state index is 13.4. The molecule has 21 heavy (non-hydrogen) atoms. The number of benzene rings is 1. The summed E-state index contributed by atoms with van der Waals surface area (Å²) in [6.45, 7) is 1.90. The maximum Gasteiger partial charge on any atom is 0.123 e. The highest BCUT2D eigenvalue weighted by Gasteiger charge is 2.33. The molecular formula is C17H24FN3. The van der Waals surface area contributed by atoms with Crippen molar-refractivity contribution in [3.63, 3.8) is 0 Å². The Morgan fingerprint density at radius 2 is 2.00 bits per heavy atom. The predicted octanol–water partition coefficient (Wildman–Crippen LogP) is 3.26. The highest BCUT2D eigenvalue weighted by molar-refractivity contribution is 5.96. The number of halogens is 1. The van der Waals surface area contributed by atoms with Gasteiger partial charge in [0.25, 0.3) is 0 Å². The second-order valence-corrected chi connectivity index (χ2v) is 6.44. The van der Waals surface area contributed by atoms with E-state index in [4.69, 9.17) is 11.1 Å². The lowest BCUT2D eigenvalue weighted by Gasteiger charge is -2.44. The van der Waals surface area contributed by atoms with Crippen molar-refractivity contribution in [1.29, 1.82) is 5.41 Å². The molecule has 0 bridgehead atoms. The molecule has 4 heteroatoms. The van der Waals surface area contributed by atoms with Crippen LogP contribution < -0.4 is 5.73 Å². The van der Waals surface area contributed by atoms with E-state index in [1.165, 1.54) is 50.7 Å². The van der Waals surface area contributed by atoms with E-state index in [1.807, 2.05) is 0 Å². The predicted molar refractivity (Wildman–Crippen MR) is 82.8 cm³/mol. The van der Waals surface area contributed by atoms with Crippen LogP contribution >= 0.6 is 0 Å². The molecule has 114 valence electrons. The van der Waals surface area contributed by atoms with Crippen molar-refractivity contribution < 1.29 is 4.39 Å². The van der Waals surface area contributed by atoms with Gasteiger partial charge in [0, 0.05) is 18.2 Å². The number of nitrogens with two attached hydrogens (primary N) is 1. The van der Waals surface area contributed by atoms with Gasteiger partial charge in [-0.25, -0.2) is 4.39 Å². The zero-order valence-electron chi connectivity index (χ0n) is 12.4. The Bertz CT molecular complexity index is 527. The van der Waals surface area contributed by atoms with Gasteiger partial charge in [0.2, 0.25) is 0 Å². The summed E-state index contributed by atoms with van der Waals surface area (Å²) in [5, 5.41) is 7.66. The van der Waals surface area contributed by atoms with Gasteiger partial charge in [0.05, 0.1) is 0 Å². The van der Waals surface area contributed by atoms with Gasteiger partial charge in [-0.2, -0.15) is 0 Å². The summed E-state index contributed by atoms with van der Waals surface area (Å²) in [5.41, 5.74) is 7.15. The van der Waals surface area contributed by atoms with Crippen molar-refractivity contribution in [3.8, 4) is 0 Å². The Morgan fingerprint density at radius 3 is 2.81 bits per heavy atom. The first-order valence-corrected chi connectivity index (χ1v) is 8.02. The molecule has 1 saturated carbocycles. The van der Waals surface area contributed by atoms with Crippen LogP contribution in [0.4, 0.5) is 4.39 Å². The van der Waals surface area contributed by atoms with Crippen LogP contribution in [0.2, 0.25) is 0 Å². The van der Waals surface area contributed by atoms with Crippen LogP contribution in [0.5, 0.6) is 0 Å². The topological polar surface area (TPSA) is 53.1 Å². The SMILES string of the molecule is N=C(N)c1cc(F)ccc1CN1CCC[C@H]2CCCC[C@H]21. The van der Waals surface area contributed by atoms with Crippen LogP contribution in [0.1, 0.15) is 49.7 Å². The zero-order valence-corrected chi connectivity index (χ0v) is 12.4. The third-order valence-electron chi connectivity index (χ3n) is 5.09. The van der Waals surface area contributed by atoms with Crippen LogP contribution in [-0.4, -0.2) is 23.3 Å². The lowest BCUT2D eigenvalue weighted by molar-refractivity contribution is 0.0546. The molecule has 0 spiro atoms. The van der Waals surface area contributed by atoms with E-state index in [-0.39, 0.29) is 11.7 Å². The minimum Gasteiger partial charge on any atom is -0.384 e. The number of nitrogen functional groups attached to an aromatic ring is 1. The molecule has 0 aromatic heterocycles. The van der Waals surface area contributed by atoms with E-state index in [0.29, 0.717) is 11.6 Å². The lowest BCUT2D eigenvalue weighted by Crippen LogP contribution is -2.46. The van der Waals surface area contributed by atoms with Crippen molar-refractivity contribution >= 4 is 5.84 Å². The van der Waals surface area contributed by atoms with Gasteiger partial charge >= 0.3 is 0 Å². The Labute approximate surface area is 125 Å². The largest absolute Gasteiger partial charge is 0.384 e. The number of likely N-dealkylation sites (tertiary alicyclic amines) is 1. The number of nitrogens with one attached hydrogen (secondary N) is 1.